The zero-order valence-corrected chi connectivity index (χ0v) is 11.8. The maximum Gasteiger partial charge on any atom is 0.213 e. The zero-order chi connectivity index (χ0) is 13.2. The van der Waals surface area contributed by atoms with Crippen LogP contribution in [0, 0.1) is 0 Å². The molecule has 4 nitrogen and oxygen atoms in total. The van der Waals surface area contributed by atoms with E-state index in [0.717, 1.165) is 25.1 Å². The number of methoxy groups -OCH3 is 1. The van der Waals surface area contributed by atoms with Gasteiger partial charge in [0.1, 0.15) is 0 Å². The summed E-state index contributed by atoms with van der Waals surface area (Å²) in [6, 6.07) is 3.61. The first-order valence-electron chi connectivity index (χ1n) is 6.25. The minimum absolute atomic E-state index is 0.601. The van der Waals surface area contributed by atoms with Crippen molar-refractivity contribution in [2.45, 2.75) is 26.3 Å². The van der Waals surface area contributed by atoms with Gasteiger partial charge in [-0.15, -0.1) is 0 Å². The molecule has 18 heavy (non-hydrogen) atoms. The van der Waals surface area contributed by atoms with Gasteiger partial charge in [0.2, 0.25) is 5.88 Å². The van der Waals surface area contributed by atoms with Crippen LogP contribution in [0.15, 0.2) is 12.1 Å². The van der Waals surface area contributed by atoms with Gasteiger partial charge in [0, 0.05) is 32.7 Å². The third-order valence-electron chi connectivity index (χ3n) is 2.36. The van der Waals surface area contributed by atoms with E-state index in [1.807, 2.05) is 6.07 Å². The van der Waals surface area contributed by atoms with E-state index in [2.05, 4.69) is 17.2 Å². The predicted molar refractivity (Wildman–Crippen MR) is 73.2 cm³/mol. The summed E-state index contributed by atoms with van der Waals surface area (Å²) in [5.74, 6) is 0.615. The van der Waals surface area contributed by atoms with E-state index in [0.29, 0.717) is 30.7 Å². The molecule has 0 spiro atoms. The first-order chi connectivity index (χ1) is 8.77. The Morgan fingerprint density at radius 1 is 1.33 bits per heavy atom. The highest BCUT2D eigenvalue weighted by molar-refractivity contribution is 6.31. The molecule has 1 N–H and O–H groups in total. The molecule has 1 heterocycles. The van der Waals surface area contributed by atoms with E-state index in [-0.39, 0.29) is 0 Å². The maximum absolute atomic E-state index is 6.08. The fourth-order valence-corrected chi connectivity index (χ4v) is 1.60. The average molecular weight is 273 g/mol. The summed E-state index contributed by atoms with van der Waals surface area (Å²) >= 11 is 6.08. The van der Waals surface area contributed by atoms with Crippen LogP contribution in [0.4, 0.5) is 0 Å². The Hall–Kier alpha value is -0.840. The molecule has 0 fully saturated rings. The molecule has 0 saturated carbocycles. The Labute approximate surface area is 114 Å². The topological polar surface area (TPSA) is 43.4 Å². The van der Waals surface area contributed by atoms with E-state index in [1.54, 1.807) is 13.2 Å². The second-order valence-electron chi connectivity index (χ2n) is 3.95. The third-order valence-corrected chi connectivity index (χ3v) is 2.70. The zero-order valence-electron chi connectivity index (χ0n) is 11.0. The molecule has 0 aliphatic carbocycles. The lowest BCUT2D eigenvalue weighted by Gasteiger charge is -2.09. The molecule has 0 amide bonds. The van der Waals surface area contributed by atoms with Gasteiger partial charge in [-0.05, 0) is 19.0 Å². The van der Waals surface area contributed by atoms with Crippen LogP contribution in [0.3, 0.4) is 0 Å². The molecule has 0 aromatic carbocycles. The normalized spacial score (nSPS) is 10.6. The van der Waals surface area contributed by atoms with Crippen LogP contribution < -0.4 is 10.1 Å². The molecule has 1 aromatic rings. The van der Waals surface area contributed by atoms with Crippen molar-refractivity contribution in [3.63, 3.8) is 0 Å². The Kier molecular flexibility index (Phi) is 7.73. The lowest BCUT2D eigenvalue weighted by molar-refractivity contribution is 0.170. The lowest BCUT2D eigenvalue weighted by Crippen LogP contribution is -2.15. The first kappa shape index (κ1) is 15.2. The molecule has 5 heteroatoms. The number of aromatic nitrogens is 1. The third kappa shape index (κ3) is 5.67. The van der Waals surface area contributed by atoms with Crippen molar-refractivity contribution >= 4 is 11.6 Å². The SMILES string of the molecule is CCCNCc1nc(OCCCOC)ccc1Cl. The number of hydrogen-bond donors (Lipinski definition) is 1. The van der Waals surface area contributed by atoms with Gasteiger partial charge in [-0.25, -0.2) is 4.98 Å². The van der Waals surface area contributed by atoms with Gasteiger partial charge in [-0.3, -0.25) is 0 Å². The number of nitrogens with one attached hydrogen (secondary N) is 1. The van der Waals surface area contributed by atoms with Crippen LogP contribution >= 0.6 is 11.6 Å². The number of ether oxygens (including phenoxy) is 2. The molecule has 0 unspecified atom stereocenters. The molecule has 1 rings (SSSR count). The van der Waals surface area contributed by atoms with Gasteiger partial charge in [0.05, 0.1) is 17.3 Å². The van der Waals surface area contributed by atoms with Gasteiger partial charge < -0.3 is 14.8 Å². The van der Waals surface area contributed by atoms with Gasteiger partial charge in [0.25, 0.3) is 0 Å². The molecule has 0 radical (unpaired) electrons. The van der Waals surface area contributed by atoms with Crippen LogP contribution in [0.25, 0.3) is 0 Å². The van der Waals surface area contributed by atoms with E-state index in [9.17, 15) is 0 Å². The molecule has 0 atom stereocenters. The Bertz CT molecular complexity index is 348. The summed E-state index contributed by atoms with van der Waals surface area (Å²) in [6.07, 6.45) is 1.94. The molecular weight excluding hydrogens is 252 g/mol. The van der Waals surface area contributed by atoms with Crippen molar-refractivity contribution in [3.8, 4) is 5.88 Å². The van der Waals surface area contributed by atoms with Gasteiger partial charge in [-0.1, -0.05) is 18.5 Å². The fourth-order valence-electron chi connectivity index (χ4n) is 1.43. The quantitative estimate of drug-likeness (QED) is 0.702. The van der Waals surface area contributed by atoms with Gasteiger partial charge in [0.15, 0.2) is 0 Å². The van der Waals surface area contributed by atoms with Crippen LogP contribution in [0.5, 0.6) is 5.88 Å². The van der Waals surface area contributed by atoms with E-state index in [4.69, 9.17) is 21.1 Å². The number of halogens is 1. The van der Waals surface area contributed by atoms with Crippen LogP contribution in [0.2, 0.25) is 5.02 Å². The minimum atomic E-state index is 0.601. The van der Waals surface area contributed by atoms with Crippen LogP contribution in [0.1, 0.15) is 25.5 Å². The lowest BCUT2D eigenvalue weighted by atomic mass is 10.3. The Balaban J connectivity index is 2.46. The number of pyridine rings is 1. The van der Waals surface area contributed by atoms with Crippen molar-refractivity contribution in [2.75, 3.05) is 26.9 Å². The van der Waals surface area contributed by atoms with Crippen molar-refractivity contribution in [2.24, 2.45) is 0 Å². The largest absolute Gasteiger partial charge is 0.478 e. The van der Waals surface area contributed by atoms with E-state index < -0.39 is 0 Å². The second kappa shape index (κ2) is 9.14. The van der Waals surface area contributed by atoms with Crippen molar-refractivity contribution in [1.29, 1.82) is 0 Å². The first-order valence-corrected chi connectivity index (χ1v) is 6.63. The highest BCUT2D eigenvalue weighted by Crippen LogP contribution is 2.18. The summed E-state index contributed by atoms with van der Waals surface area (Å²) in [5.41, 5.74) is 0.828. The number of hydrogen-bond acceptors (Lipinski definition) is 4. The fraction of sp³-hybridized carbons (Fsp3) is 0.615. The van der Waals surface area contributed by atoms with E-state index in [1.165, 1.54) is 0 Å². The predicted octanol–water partition coefficient (Wildman–Crippen LogP) is 2.65. The molecule has 1 aromatic heterocycles. The average Bonchev–Trinajstić information content (AvgIpc) is 2.38. The monoisotopic (exact) mass is 272 g/mol. The molecular formula is C13H21ClN2O2. The smallest absolute Gasteiger partial charge is 0.213 e. The summed E-state index contributed by atoms with van der Waals surface area (Å²) in [7, 11) is 1.68. The van der Waals surface area contributed by atoms with Crippen LogP contribution in [-0.2, 0) is 11.3 Å². The molecule has 0 aliphatic rings. The summed E-state index contributed by atoms with van der Waals surface area (Å²) < 4.78 is 10.5. The van der Waals surface area contributed by atoms with Gasteiger partial charge >= 0.3 is 0 Å². The van der Waals surface area contributed by atoms with Crippen molar-refractivity contribution in [1.82, 2.24) is 10.3 Å². The molecule has 0 aliphatic heterocycles. The Morgan fingerprint density at radius 3 is 2.89 bits per heavy atom. The van der Waals surface area contributed by atoms with E-state index >= 15 is 0 Å². The van der Waals surface area contributed by atoms with Gasteiger partial charge in [-0.2, -0.15) is 0 Å². The van der Waals surface area contributed by atoms with Crippen molar-refractivity contribution in [3.05, 3.63) is 22.8 Å². The number of nitrogens with zero attached hydrogens (tertiary/aromatic N) is 1. The van der Waals surface area contributed by atoms with Crippen LogP contribution in [-0.4, -0.2) is 31.9 Å². The maximum atomic E-state index is 6.08. The summed E-state index contributed by atoms with van der Waals surface area (Å²) in [4.78, 5) is 4.38. The molecule has 102 valence electrons. The molecule has 0 bridgehead atoms. The highest BCUT2D eigenvalue weighted by atomic mass is 35.5. The minimum Gasteiger partial charge on any atom is -0.478 e. The standard InChI is InChI=1S/C13H21ClN2O2/c1-3-7-15-10-12-11(14)5-6-13(16-12)18-9-4-8-17-2/h5-6,15H,3-4,7-10H2,1-2H3. The second-order valence-corrected chi connectivity index (χ2v) is 4.36. The summed E-state index contributed by atoms with van der Waals surface area (Å²) in [6.45, 7) is 5.04. The Morgan fingerprint density at radius 2 is 2.17 bits per heavy atom. The molecule has 0 saturated heterocycles. The number of rotatable bonds is 9. The van der Waals surface area contributed by atoms with Crippen molar-refractivity contribution < 1.29 is 9.47 Å². The highest BCUT2D eigenvalue weighted by Gasteiger charge is 2.04. The summed E-state index contributed by atoms with van der Waals surface area (Å²) in [5, 5.41) is 3.94.